The van der Waals surface area contributed by atoms with Gasteiger partial charge in [-0.05, 0) is 84.3 Å². The first-order chi connectivity index (χ1) is 12.4. The lowest BCUT2D eigenvalue weighted by Crippen LogP contribution is -2.37. The predicted molar refractivity (Wildman–Crippen MR) is 106 cm³/mol. The van der Waals surface area contributed by atoms with Crippen LogP contribution in [0.3, 0.4) is 0 Å². The zero-order chi connectivity index (χ0) is 16.6. The number of rotatable bonds is 2. The lowest BCUT2D eigenvalue weighted by molar-refractivity contribution is 0.222. The Hall–Kier alpha value is -2.12. The zero-order valence-corrected chi connectivity index (χ0v) is 14.7. The number of hydrogen-bond donors (Lipinski definition) is 0. The molecular weight excluding hydrogens is 302 g/mol. The van der Waals surface area contributed by atoms with Crippen LogP contribution in [0, 0.1) is 0 Å². The van der Waals surface area contributed by atoms with Gasteiger partial charge in [0.2, 0.25) is 0 Å². The van der Waals surface area contributed by atoms with Gasteiger partial charge in [0.05, 0.1) is 0 Å². The van der Waals surface area contributed by atoms with Crippen molar-refractivity contribution >= 4 is 10.8 Å². The number of fused-ring (bicyclic) bond motifs is 2. The monoisotopic (exact) mass is 327 g/mol. The van der Waals surface area contributed by atoms with Gasteiger partial charge < -0.3 is 4.90 Å². The van der Waals surface area contributed by atoms with Gasteiger partial charge in [0.1, 0.15) is 0 Å². The Morgan fingerprint density at radius 1 is 0.720 bits per heavy atom. The summed E-state index contributed by atoms with van der Waals surface area (Å²) in [4.78, 5) is 2.72. The molecule has 1 fully saturated rings. The van der Waals surface area contributed by atoms with Crippen molar-refractivity contribution in [3.8, 4) is 11.1 Å². The van der Waals surface area contributed by atoms with Gasteiger partial charge in [-0.2, -0.15) is 0 Å². The van der Waals surface area contributed by atoms with Crippen molar-refractivity contribution in [2.75, 3.05) is 13.1 Å². The van der Waals surface area contributed by atoms with E-state index in [2.05, 4.69) is 65.6 Å². The van der Waals surface area contributed by atoms with Gasteiger partial charge in [-0.1, -0.05) is 54.6 Å². The second kappa shape index (κ2) is 6.31. The summed E-state index contributed by atoms with van der Waals surface area (Å²) in [7, 11) is 0. The fourth-order valence-electron chi connectivity index (χ4n) is 4.70. The Bertz CT molecular complexity index is 905. The number of benzene rings is 3. The van der Waals surface area contributed by atoms with Gasteiger partial charge in [-0.3, -0.25) is 0 Å². The Morgan fingerprint density at radius 3 is 2.36 bits per heavy atom. The standard InChI is InChI=1S/C24H25N/c1-2-6-19-15-20(8-7-18(19)5-1)21-9-10-23-17-24(12-11-22(23)16-21)25-13-3-4-14-25/h1-2,5-10,15-16,24H,3-4,11-14,17H2. The van der Waals surface area contributed by atoms with Crippen LogP contribution in [-0.4, -0.2) is 24.0 Å². The minimum absolute atomic E-state index is 0.779. The summed E-state index contributed by atoms with van der Waals surface area (Å²) in [6.07, 6.45) is 6.59. The summed E-state index contributed by atoms with van der Waals surface area (Å²) in [6.45, 7) is 2.63. The average Bonchev–Trinajstić information content (AvgIpc) is 3.21. The van der Waals surface area contributed by atoms with Gasteiger partial charge in [0.15, 0.2) is 0 Å². The summed E-state index contributed by atoms with van der Waals surface area (Å²) < 4.78 is 0. The molecule has 3 aromatic carbocycles. The van der Waals surface area contributed by atoms with Crippen LogP contribution < -0.4 is 0 Å². The van der Waals surface area contributed by atoms with Crippen molar-refractivity contribution in [2.45, 2.75) is 38.1 Å². The molecule has 0 N–H and O–H groups in total. The lowest BCUT2D eigenvalue weighted by atomic mass is 9.85. The molecule has 1 saturated heterocycles. The predicted octanol–water partition coefficient (Wildman–Crippen LogP) is 5.46. The molecule has 0 radical (unpaired) electrons. The Balaban J connectivity index is 1.44. The third kappa shape index (κ3) is 2.87. The summed E-state index contributed by atoms with van der Waals surface area (Å²) >= 11 is 0. The molecule has 1 heterocycles. The molecule has 1 nitrogen and oxygen atoms in total. The highest BCUT2D eigenvalue weighted by Gasteiger charge is 2.26. The van der Waals surface area contributed by atoms with Gasteiger partial charge in [0.25, 0.3) is 0 Å². The van der Waals surface area contributed by atoms with E-state index in [4.69, 9.17) is 0 Å². The van der Waals surface area contributed by atoms with Gasteiger partial charge >= 0.3 is 0 Å². The molecule has 5 rings (SSSR count). The Morgan fingerprint density at radius 2 is 1.48 bits per heavy atom. The van der Waals surface area contributed by atoms with E-state index in [1.54, 1.807) is 11.1 Å². The van der Waals surface area contributed by atoms with Crippen molar-refractivity contribution in [3.05, 3.63) is 71.8 Å². The van der Waals surface area contributed by atoms with E-state index in [9.17, 15) is 0 Å². The van der Waals surface area contributed by atoms with E-state index in [1.807, 2.05) is 0 Å². The fourth-order valence-corrected chi connectivity index (χ4v) is 4.70. The van der Waals surface area contributed by atoms with E-state index in [0.29, 0.717) is 0 Å². The Kier molecular flexibility index (Phi) is 3.83. The molecule has 1 aliphatic carbocycles. The molecular formula is C24H25N. The second-order valence-electron chi connectivity index (χ2n) is 7.69. The van der Waals surface area contributed by atoms with Crippen LogP contribution in [-0.2, 0) is 12.8 Å². The third-order valence-electron chi connectivity index (χ3n) is 6.15. The van der Waals surface area contributed by atoms with Crippen LogP contribution in [0.4, 0.5) is 0 Å². The Labute approximate surface area is 150 Å². The molecule has 0 amide bonds. The van der Waals surface area contributed by atoms with Crippen LogP contribution in [0.25, 0.3) is 21.9 Å². The molecule has 1 unspecified atom stereocenters. The van der Waals surface area contributed by atoms with E-state index < -0.39 is 0 Å². The first kappa shape index (κ1) is 15.2. The molecule has 126 valence electrons. The SMILES string of the molecule is c1ccc2cc(-c3ccc4c(c3)CCC(N3CCCC3)C4)ccc2c1. The van der Waals surface area contributed by atoms with Crippen molar-refractivity contribution in [1.29, 1.82) is 0 Å². The first-order valence-corrected chi connectivity index (χ1v) is 9.72. The van der Waals surface area contributed by atoms with Gasteiger partial charge in [-0.15, -0.1) is 0 Å². The van der Waals surface area contributed by atoms with E-state index in [-0.39, 0.29) is 0 Å². The fraction of sp³-hybridized carbons (Fsp3) is 0.333. The molecule has 1 atom stereocenters. The minimum atomic E-state index is 0.779. The quantitative estimate of drug-likeness (QED) is 0.604. The maximum absolute atomic E-state index is 2.72. The molecule has 3 aromatic rings. The average molecular weight is 327 g/mol. The van der Waals surface area contributed by atoms with Crippen molar-refractivity contribution in [2.24, 2.45) is 0 Å². The molecule has 0 aromatic heterocycles. The largest absolute Gasteiger partial charge is 0.300 e. The smallest absolute Gasteiger partial charge is 0.0139 e. The van der Waals surface area contributed by atoms with E-state index >= 15 is 0 Å². The van der Waals surface area contributed by atoms with Crippen LogP contribution in [0.15, 0.2) is 60.7 Å². The highest BCUT2D eigenvalue weighted by atomic mass is 15.2. The topological polar surface area (TPSA) is 3.24 Å². The molecule has 1 heteroatoms. The normalized spacial score (nSPS) is 20.7. The molecule has 1 aliphatic heterocycles. The maximum Gasteiger partial charge on any atom is 0.0139 e. The van der Waals surface area contributed by atoms with Gasteiger partial charge in [0, 0.05) is 6.04 Å². The second-order valence-corrected chi connectivity index (χ2v) is 7.69. The van der Waals surface area contributed by atoms with Gasteiger partial charge in [-0.25, -0.2) is 0 Å². The number of nitrogens with zero attached hydrogens (tertiary/aromatic N) is 1. The highest BCUT2D eigenvalue weighted by molar-refractivity contribution is 5.87. The van der Waals surface area contributed by atoms with Crippen LogP contribution in [0.5, 0.6) is 0 Å². The third-order valence-corrected chi connectivity index (χ3v) is 6.15. The summed E-state index contributed by atoms with van der Waals surface area (Å²) in [5, 5.41) is 2.64. The maximum atomic E-state index is 2.72. The van der Waals surface area contributed by atoms with Crippen LogP contribution >= 0.6 is 0 Å². The number of likely N-dealkylation sites (tertiary alicyclic amines) is 1. The van der Waals surface area contributed by atoms with E-state index in [0.717, 1.165) is 6.04 Å². The molecule has 0 saturated carbocycles. The summed E-state index contributed by atoms with van der Waals surface area (Å²) in [5.41, 5.74) is 5.85. The lowest BCUT2D eigenvalue weighted by Gasteiger charge is -2.32. The zero-order valence-electron chi connectivity index (χ0n) is 14.7. The summed E-state index contributed by atoms with van der Waals surface area (Å²) in [6, 6.07) is 23.4. The molecule has 2 aliphatic rings. The van der Waals surface area contributed by atoms with Crippen molar-refractivity contribution in [1.82, 2.24) is 4.90 Å². The summed E-state index contributed by atoms with van der Waals surface area (Å²) in [5.74, 6) is 0. The molecule has 25 heavy (non-hydrogen) atoms. The van der Waals surface area contributed by atoms with Crippen molar-refractivity contribution < 1.29 is 0 Å². The minimum Gasteiger partial charge on any atom is -0.300 e. The van der Waals surface area contributed by atoms with E-state index in [1.165, 1.54) is 67.1 Å². The molecule has 0 bridgehead atoms. The first-order valence-electron chi connectivity index (χ1n) is 9.72. The van der Waals surface area contributed by atoms with Crippen LogP contribution in [0.1, 0.15) is 30.4 Å². The number of aryl methyl sites for hydroxylation is 1. The number of hydrogen-bond acceptors (Lipinski definition) is 1. The highest BCUT2D eigenvalue weighted by Crippen LogP contribution is 2.31. The van der Waals surface area contributed by atoms with Crippen LogP contribution in [0.2, 0.25) is 0 Å². The van der Waals surface area contributed by atoms with Crippen molar-refractivity contribution in [3.63, 3.8) is 0 Å². The molecule has 0 spiro atoms.